The van der Waals surface area contributed by atoms with Crippen LogP contribution in [0.1, 0.15) is 32.3 Å². The molecule has 1 aliphatic rings. The summed E-state index contributed by atoms with van der Waals surface area (Å²) < 4.78 is 5.92. The maximum atomic E-state index is 11.6. The zero-order chi connectivity index (χ0) is 17.1. The van der Waals surface area contributed by atoms with Crippen molar-refractivity contribution in [1.82, 2.24) is 4.90 Å². The number of thioether (sulfide) groups is 1. The lowest BCUT2D eigenvalue weighted by atomic mass is 9.98. The van der Waals surface area contributed by atoms with Crippen LogP contribution in [-0.2, 0) is 6.61 Å². The summed E-state index contributed by atoms with van der Waals surface area (Å²) in [6, 6.07) is 13.6. The molecule has 0 amide bonds. The Labute approximate surface area is 146 Å². The van der Waals surface area contributed by atoms with Gasteiger partial charge in [0.05, 0.1) is 5.25 Å². The normalized spacial score (nSPS) is 16.0. The van der Waals surface area contributed by atoms with Crippen LogP contribution >= 0.6 is 11.8 Å². The van der Waals surface area contributed by atoms with E-state index < -0.39 is 5.97 Å². The largest absolute Gasteiger partial charge is 0.488 e. The fourth-order valence-corrected chi connectivity index (χ4v) is 4.34. The van der Waals surface area contributed by atoms with Crippen molar-refractivity contribution >= 4 is 17.7 Å². The molecule has 24 heavy (non-hydrogen) atoms. The van der Waals surface area contributed by atoms with Crippen LogP contribution in [-0.4, -0.2) is 42.4 Å². The number of hydrogen-bond donors (Lipinski definition) is 1. The van der Waals surface area contributed by atoms with Crippen LogP contribution in [0.15, 0.2) is 42.5 Å². The Hall–Kier alpha value is -1.98. The van der Waals surface area contributed by atoms with Crippen molar-refractivity contribution in [2.45, 2.75) is 11.9 Å². The molecule has 1 heterocycles. The molecule has 1 unspecified atom stereocenters. The molecular formula is C19H21NO3S. The standard InChI is InChI=1S/C19H21NO3S/c1-20(2)10-11-24-18-14-7-4-3-6-13(14)12-23-17-15(18)8-5-9-16(17)19(21)22/h3-9,18H,10-12H2,1-2H3,(H,21,22). The van der Waals surface area contributed by atoms with Crippen molar-refractivity contribution in [3.05, 3.63) is 64.7 Å². The first kappa shape index (κ1) is 16.9. The zero-order valence-electron chi connectivity index (χ0n) is 13.9. The molecule has 0 bridgehead atoms. The van der Waals surface area contributed by atoms with Crippen LogP contribution in [0.5, 0.6) is 5.75 Å². The first-order valence-corrected chi connectivity index (χ1v) is 8.96. The maximum absolute atomic E-state index is 11.6. The number of carbonyl (C=O) groups is 1. The van der Waals surface area contributed by atoms with E-state index in [1.54, 1.807) is 12.1 Å². The number of para-hydroxylation sites is 1. The summed E-state index contributed by atoms with van der Waals surface area (Å²) >= 11 is 1.83. The van der Waals surface area contributed by atoms with Crippen molar-refractivity contribution < 1.29 is 14.6 Å². The van der Waals surface area contributed by atoms with Gasteiger partial charge in [-0.2, -0.15) is 0 Å². The molecular weight excluding hydrogens is 322 g/mol. The topological polar surface area (TPSA) is 49.8 Å². The number of nitrogens with zero attached hydrogens (tertiary/aromatic N) is 1. The lowest BCUT2D eigenvalue weighted by Gasteiger charge is -2.20. The number of fused-ring (bicyclic) bond motifs is 2. The highest BCUT2D eigenvalue weighted by molar-refractivity contribution is 7.99. The number of aromatic carboxylic acids is 1. The molecule has 1 N–H and O–H groups in total. The molecule has 1 aliphatic heterocycles. The summed E-state index contributed by atoms with van der Waals surface area (Å²) in [5, 5.41) is 9.57. The van der Waals surface area contributed by atoms with Crippen molar-refractivity contribution in [2.24, 2.45) is 0 Å². The summed E-state index contributed by atoms with van der Waals surface area (Å²) in [7, 11) is 4.11. The Morgan fingerprint density at radius 3 is 2.71 bits per heavy atom. The third-order valence-electron chi connectivity index (χ3n) is 4.09. The third kappa shape index (κ3) is 3.42. The summed E-state index contributed by atoms with van der Waals surface area (Å²) in [6.07, 6.45) is 0. The van der Waals surface area contributed by atoms with Crippen molar-refractivity contribution in [3.8, 4) is 5.75 Å². The highest BCUT2D eigenvalue weighted by Gasteiger charge is 2.28. The monoisotopic (exact) mass is 343 g/mol. The van der Waals surface area contributed by atoms with E-state index in [1.165, 1.54) is 5.56 Å². The van der Waals surface area contributed by atoms with Crippen LogP contribution in [0, 0.1) is 0 Å². The molecule has 0 aliphatic carbocycles. The van der Waals surface area contributed by atoms with Gasteiger partial charge in [-0.25, -0.2) is 4.79 Å². The SMILES string of the molecule is CN(C)CCSC1c2ccccc2COc2c(C(=O)O)cccc21. The van der Waals surface area contributed by atoms with Crippen LogP contribution < -0.4 is 4.74 Å². The molecule has 0 spiro atoms. The maximum Gasteiger partial charge on any atom is 0.339 e. The van der Waals surface area contributed by atoms with E-state index in [4.69, 9.17) is 4.74 Å². The van der Waals surface area contributed by atoms with Gasteiger partial charge >= 0.3 is 5.97 Å². The van der Waals surface area contributed by atoms with Gasteiger partial charge in [0.1, 0.15) is 17.9 Å². The second kappa shape index (κ2) is 7.28. The van der Waals surface area contributed by atoms with Gasteiger partial charge in [0.2, 0.25) is 0 Å². The number of carboxylic acid groups (broad SMARTS) is 1. The van der Waals surface area contributed by atoms with Crippen molar-refractivity contribution in [1.29, 1.82) is 0 Å². The molecule has 0 radical (unpaired) electrons. The van der Waals surface area contributed by atoms with Gasteiger partial charge < -0.3 is 14.7 Å². The lowest BCUT2D eigenvalue weighted by Crippen LogP contribution is -2.15. The molecule has 0 aromatic heterocycles. The minimum Gasteiger partial charge on any atom is -0.488 e. The predicted octanol–water partition coefficient (Wildman–Crippen LogP) is 3.66. The molecule has 126 valence electrons. The highest BCUT2D eigenvalue weighted by Crippen LogP contribution is 2.45. The van der Waals surface area contributed by atoms with E-state index in [1.807, 2.05) is 30.0 Å². The Balaban J connectivity index is 2.05. The molecule has 1 atom stereocenters. The fraction of sp³-hybridized carbons (Fsp3) is 0.316. The fourth-order valence-electron chi connectivity index (χ4n) is 2.86. The molecule has 4 nitrogen and oxygen atoms in total. The van der Waals surface area contributed by atoms with Crippen molar-refractivity contribution in [2.75, 3.05) is 26.4 Å². The average molecular weight is 343 g/mol. The lowest BCUT2D eigenvalue weighted by molar-refractivity contribution is 0.0691. The first-order valence-electron chi connectivity index (χ1n) is 7.91. The Bertz CT molecular complexity index is 745. The van der Waals surface area contributed by atoms with E-state index in [2.05, 4.69) is 31.1 Å². The molecule has 2 aromatic carbocycles. The molecule has 2 aromatic rings. The van der Waals surface area contributed by atoms with Gasteiger partial charge in [0.25, 0.3) is 0 Å². The molecule has 0 saturated carbocycles. The van der Waals surface area contributed by atoms with Crippen LogP contribution in [0.4, 0.5) is 0 Å². The van der Waals surface area contributed by atoms with Gasteiger partial charge in [0.15, 0.2) is 0 Å². The van der Waals surface area contributed by atoms with Gasteiger partial charge in [-0.3, -0.25) is 0 Å². The number of hydrogen-bond acceptors (Lipinski definition) is 4. The first-order chi connectivity index (χ1) is 11.6. The van der Waals surface area contributed by atoms with E-state index in [0.29, 0.717) is 12.4 Å². The third-order valence-corrected chi connectivity index (χ3v) is 5.35. The smallest absolute Gasteiger partial charge is 0.339 e. The number of rotatable bonds is 5. The van der Waals surface area contributed by atoms with Crippen LogP contribution in [0.3, 0.4) is 0 Å². The summed E-state index contributed by atoms with van der Waals surface area (Å²) in [4.78, 5) is 13.7. The molecule has 0 fully saturated rings. The summed E-state index contributed by atoms with van der Waals surface area (Å²) in [5.41, 5.74) is 3.51. The average Bonchev–Trinajstić information content (AvgIpc) is 2.72. The zero-order valence-corrected chi connectivity index (χ0v) is 14.7. The Kier molecular flexibility index (Phi) is 5.11. The molecule has 5 heteroatoms. The van der Waals surface area contributed by atoms with Crippen molar-refractivity contribution in [3.63, 3.8) is 0 Å². The second-order valence-corrected chi connectivity index (χ2v) is 7.28. The predicted molar refractivity (Wildman–Crippen MR) is 97.0 cm³/mol. The summed E-state index contributed by atoms with van der Waals surface area (Å²) in [6.45, 7) is 1.37. The van der Waals surface area contributed by atoms with Crippen LogP contribution in [0.2, 0.25) is 0 Å². The van der Waals surface area contributed by atoms with Gasteiger partial charge in [-0.1, -0.05) is 36.4 Å². The molecule has 0 saturated heterocycles. The molecule has 3 rings (SSSR count). The van der Waals surface area contributed by atoms with E-state index in [0.717, 1.165) is 23.4 Å². The van der Waals surface area contributed by atoms with E-state index >= 15 is 0 Å². The number of benzene rings is 2. The highest BCUT2D eigenvalue weighted by atomic mass is 32.2. The van der Waals surface area contributed by atoms with Gasteiger partial charge in [-0.05, 0) is 31.3 Å². The van der Waals surface area contributed by atoms with Gasteiger partial charge in [-0.15, -0.1) is 11.8 Å². The number of ether oxygens (including phenoxy) is 1. The Morgan fingerprint density at radius 2 is 1.96 bits per heavy atom. The number of carboxylic acids is 1. The van der Waals surface area contributed by atoms with Gasteiger partial charge in [0, 0.05) is 17.9 Å². The Morgan fingerprint density at radius 1 is 1.21 bits per heavy atom. The second-order valence-electron chi connectivity index (χ2n) is 6.07. The van der Waals surface area contributed by atoms with E-state index in [9.17, 15) is 9.90 Å². The van der Waals surface area contributed by atoms with Crippen LogP contribution in [0.25, 0.3) is 0 Å². The minimum absolute atomic E-state index is 0.0814. The minimum atomic E-state index is -0.949. The quantitative estimate of drug-likeness (QED) is 0.898. The summed E-state index contributed by atoms with van der Waals surface area (Å²) in [5.74, 6) is 0.515. The van der Waals surface area contributed by atoms with E-state index in [-0.39, 0.29) is 10.8 Å².